The fourth-order valence-corrected chi connectivity index (χ4v) is 1.83. The first-order chi connectivity index (χ1) is 7.55. The van der Waals surface area contributed by atoms with Gasteiger partial charge >= 0.3 is 0 Å². The predicted molar refractivity (Wildman–Crippen MR) is 62.9 cm³/mol. The Morgan fingerprint density at radius 1 is 1.12 bits per heavy atom. The molecule has 1 aliphatic rings. The third-order valence-corrected chi connectivity index (χ3v) is 3.07. The summed E-state index contributed by atoms with van der Waals surface area (Å²) in [6.45, 7) is 3.61. The summed E-state index contributed by atoms with van der Waals surface area (Å²) in [6, 6.07) is 9.01. The van der Waals surface area contributed by atoms with Gasteiger partial charge < -0.3 is 5.11 Å². The van der Waals surface area contributed by atoms with Crippen molar-refractivity contribution in [2.45, 2.75) is 19.4 Å². The lowest BCUT2D eigenvalue weighted by molar-refractivity contribution is -0.129. The molecule has 2 rings (SSSR count). The molecule has 1 N–H and O–H groups in total. The van der Waals surface area contributed by atoms with Crippen LogP contribution in [0, 0.1) is 0 Å². The van der Waals surface area contributed by atoms with Crippen LogP contribution in [0.25, 0.3) is 0 Å². The Hall–Kier alpha value is -1.67. The zero-order valence-corrected chi connectivity index (χ0v) is 9.40. The van der Waals surface area contributed by atoms with Crippen molar-refractivity contribution >= 4 is 5.78 Å². The predicted octanol–water partition coefficient (Wildman–Crippen LogP) is 2.35. The van der Waals surface area contributed by atoms with Crippen molar-refractivity contribution < 1.29 is 9.90 Å². The van der Waals surface area contributed by atoms with Crippen molar-refractivity contribution in [3.63, 3.8) is 0 Å². The van der Waals surface area contributed by atoms with Crippen LogP contribution >= 0.6 is 0 Å². The molecular formula is C14H14O2. The van der Waals surface area contributed by atoms with Gasteiger partial charge in [0, 0.05) is 0 Å². The maximum Gasteiger partial charge on any atom is 0.198 e. The van der Waals surface area contributed by atoms with Crippen LogP contribution in [0.1, 0.15) is 19.4 Å². The monoisotopic (exact) mass is 214 g/mol. The molecule has 0 amide bonds. The Morgan fingerprint density at radius 2 is 1.75 bits per heavy atom. The van der Waals surface area contributed by atoms with Crippen molar-refractivity contribution in [1.82, 2.24) is 0 Å². The van der Waals surface area contributed by atoms with Crippen molar-refractivity contribution in [2.24, 2.45) is 0 Å². The first kappa shape index (κ1) is 10.8. The van der Waals surface area contributed by atoms with Crippen LogP contribution in [0.2, 0.25) is 0 Å². The van der Waals surface area contributed by atoms with Crippen LogP contribution in [-0.4, -0.2) is 10.9 Å². The van der Waals surface area contributed by atoms with Gasteiger partial charge in [0.05, 0.1) is 0 Å². The van der Waals surface area contributed by atoms with E-state index >= 15 is 0 Å². The minimum Gasteiger partial charge on any atom is -0.373 e. The molecule has 1 aliphatic carbocycles. The Labute approximate surface area is 94.9 Å². The van der Waals surface area contributed by atoms with Gasteiger partial charge in [-0.15, -0.1) is 0 Å². The number of allylic oxidation sites excluding steroid dienone is 2. The number of carbonyl (C=O) groups is 1. The molecular weight excluding hydrogens is 200 g/mol. The summed E-state index contributed by atoms with van der Waals surface area (Å²) in [5, 5.41) is 10.4. The molecule has 2 nitrogen and oxygen atoms in total. The number of aliphatic hydroxyl groups is 1. The van der Waals surface area contributed by atoms with Crippen molar-refractivity contribution in [1.29, 1.82) is 0 Å². The van der Waals surface area contributed by atoms with Crippen LogP contribution in [0.5, 0.6) is 0 Å². The minimum absolute atomic E-state index is 0.237. The lowest BCUT2D eigenvalue weighted by atomic mass is 9.81. The van der Waals surface area contributed by atoms with Crippen LogP contribution < -0.4 is 0 Å². The summed E-state index contributed by atoms with van der Waals surface area (Å²) in [6.07, 6.45) is 3.36. The summed E-state index contributed by atoms with van der Waals surface area (Å²) in [7, 11) is 0. The summed E-state index contributed by atoms with van der Waals surface area (Å²) in [4.78, 5) is 12.1. The molecule has 0 radical (unpaired) electrons. The molecule has 16 heavy (non-hydrogen) atoms. The van der Waals surface area contributed by atoms with E-state index in [4.69, 9.17) is 0 Å². The Kier molecular flexibility index (Phi) is 2.52. The van der Waals surface area contributed by atoms with Crippen LogP contribution in [0.15, 0.2) is 53.6 Å². The molecule has 0 bridgehead atoms. The van der Waals surface area contributed by atoms with E-state index < -0.39 is 5.60 Å². The molecule has 0 aliphatic heterocycles. The number of carbonyl (C=O) groups excluding carboxylic acids is 1. The first-order valence-electron chi connectivity index (χ1n) is 5.25. The summed E-state index contributed by atoms with van der Waals surface area (Å²) in [5.41, 5.74) is 0.646. The smallest absolute Gasteiger partial charge is 0.198 e. The maximum absolute atomic E-state index is 12.1. The highest BCUT2D eigenvalue weighted by molar-refractivity contribution is 6.05. The Balaban J connectivity index is 2.51. The molecule has 0 fully saturated rings. The average Bonchev–Trinajstić information content (AvgIpc) is 2.33. The van der Waals surface area contributed by atoms with Gasteiger partial charge in [-0.05, 0) is 36.6 Å². The quantitative estimate of drug-likeness (QED) is 0.779. The van der Waals surface area contributed by atoms with Crippen LogP contribution in [-0.2, 0) is 10.4 Å². The Bertz CT molecular complexity index is 483. The van der Waals surface area contributed by atoms with Gasteiger partial charge in [-0.2, -0.15) is 0 Å². The second-order valence-corrected chi connectivity index (χ2v) is 4.10. The van der Waals surface area contributed by atoms with E-state index in [0.29, 0.717) is 11.1 Å². The third-order valence-electron chi connectivity index (χ3n) is 3.07. The van der Waals surface area contributed by atoms with Gasteiger partial charge in [-0.1, -0.05) is 36.4 Å². The highest BCUT2D eigenvalue weighted by Gasteiger charge is 2.38. The number of rotatable bonds is 1. The largest absolute Gasteiger partial charge is 0.373 e. The fourth-order valence-electron chi connectivity index (χ4n) is 1.83. The molecule has 0 saturated carbocycles. The standard InChI is InChI=1S/C14H14O2/c1-10-8-9-14(16,13(15)11(10)2)12-6-4-3-5-7-12/h3-9,16H,1-2H3. The van der Waals surface area contributed by atoms with Crippen LogP contribution in [0.4, 0.5) is 0 Å². The topological polar surface area (TPSA) is 37.3 Å². The molecule has 1 aromatic carbocycles. The highest BCUT2D eigenvalue weighted by Crippen LogP contribution is 2.31. The molecule has 0 spiro atoms. The van der Waals surface area contributed by atoms with E-state index in [1.807, 2.05) is 25.1 Å². The molecule has 1 aromatic rings. The number of ketones is 1. The normalized spacial score (nSPS) is 25.1. The Morgan fingerprint density at radius 3 is 2.38 bits per heavy atom. The first-order valence-corrected chi connectivity index (χ1v) is 5.25. The molecule has 0 heterocycles. The van der Waals surface area contributed by atoms with E-state index in [1.54, 1.807) is 31.2 Å². The average molecular weight is 214 g/mol. The second-order valence-electron chi connectivity index (χ2n) is 4.10. The molecule has 0 aromatic heterocycles. The maximum atomic E-state index is 12.1. The highest BCUT2D eigenvalue weighted by atomic mass is 16.3. The third kappa shape index (κ3) is 1.51. The molecule has 0 saturated heterocycles. The summed E-state index contributed by atoms with van der Waals surface area (Å²) in [5.74, 6) is -0.237. The van der Waals surface area contributed by atoms with Gasteiger partial charge in [-0.3, -0.25) is 4.79 Å². The van der Waals surface area contributed by atoms with Crippen LogP contribution in [0.3, 0.4) is 0 Å². The van der Waals surface area contributed by atoms with Gasteiger partial charge in [0.25, 0.3) is 0 Å². The zero-order chi connectivity index (χ0) is 11.8. The number of hydrogen-bond acceptors (Lipinski definition) is 2. The van der Waals surface area contributed by atoms with Crippen molar-refractivity contribution in [3.05, 3.63) is 59.2 Å². The fraction of sp³-hybridized carbons (Fsp3) is 0.214. The SMILES string of the molecule is CC1=C(C)C(=O)C(O)(c2ccccc2)C=C1. The summed E-state index contributed by atoms with van der Waals surface area (Å²) >= 11 is 0. The lowest BCUT2D eigenvalue weighted by Crippen LogP contribution is -2.36. The van der Waals surface area contributed by atoms with E-state index in [2.05, 4.69) is 0 Å². The van der Waals surface area contributed by atoms with E-state index in [0.717, 1.165) is 5.57 Å². The second kappa shape index (κ2) is 3.72. The van der Waals surface area contributed by atoms with Gasteiger partial charge in [-0.25, -0.2) is 0 Å². The molecule has 1 unspecified atom stereocenters. The van der Waals surface area contributed by atoms with E-state index in [1.165, 1.54) is 0 Å². The van der Waals surface area contributed by atoms with E-state index in [-0.39, 0.29) is 5.78 Å². The number of hydrogen-bond donors (Lipinski definition) is 1. The van der Waals surface area contributed by atoms with Gasteiger partial charge in [0.1, 0.15) is 0 Å². The molecule has 82 valence electrons. The number of Topliss-reactive ketones (excluding diaryl/α,β-unsaturated/α-hetero) is 1. The van der Waals surface area contributed by atoms with Crippen molar-refractivity contribution in [2.75, 3.05) is 0 Å². The van der Waals surface area contributed by atoms with E-state index in [9.17, 15) is 9.90 Å². The molecule has 2 heteroatoms. The lowest BCUT2D eigenvalue weighted by Gasteiger charge is -2.27. The number of benzene rings is 1. The van der Waals surface area contributed by atoms with Crippen molar-refractivity contribution in [3.8, 4) is 0 Å². The molecule has 1 atom stereocenters. The van der Waals surface area contributed by atoms with Gasteiger partial charge in [0.2, 0.25) is 0 Å². The summed E-state index contributed by atoms with van der Waals surface area (Å²) < 4.78 is 0. The van der Waals surface area contributed by atoms with Gasteiger partial charge in [0.15, 0.2) is 11.4 Å². The minimum atomic E-state index is -1.50. The zero-order valence-electron chi connectivity index (χ0n) is 9.40.